The monoisotopic (exact) mass is 424 g/mol. The average Bonchev–Trinajstić information content (AvgIpc) is 2.67. The second kappa shape index (κ2) is 7.09. The molecule has 1 amide bonds. The fraction of sp³-hybridized carbons (Fsp3) is 0.348. The number of carbonyl (C=O) groups is 3. The van der Waals surface area contributed by atoms with E-state index in [1.807, 2.05) is 0 Å². The predicted molar refractivity (Wildman–Crippen MR) is 112 cm³/mol. The molecule has 0 spiro atoms. The van der Waals surface area contributed by atoms with Gasteiger partial charge in [0.25, 0.3) is 5.91 Å². The Bertz CT molecular complexity index is 1100. The molecule has 0 aliphatic heterocycles. The number of benzene rings is 1. The molecule has 5 atom stereocenters. The van der Waals surface area contributed by atoms with Crippen molar-refractivity contribution in [1.82, 2.24) is 4.90 Å². The van der Waals surface area contributed by atoms with Crippen LogP contribution >= 0.6 is 0 Å². The highest BCUT2D eigenvalue weighted by atomic mass is 16.3. The number of aromatic hydroxyl groups is 1. The number of rotatable bonds is 3. The van der Waals surface area contributed by atoms with Crippen LogP contribution in [0, 0.1) is 17.8 Å². The van der Waals surface area contributed by atoms with Gasteiger partial charge in [0, 0.05) is 17.4 Å². The van der Waals surface area contributed by atoms with E-state index in [0.29, 0.717) is 5.56 Å². The molecule has 1 aromatic carbocycles. The lowest BCUT2D eigenvalue weighted by molar-refractivity contribution is -0.136. The Morgan fingerprint density at radius 1 is 1.19 bits per heavy atom. The van der Waals surface area contributed by atoms with Crippen LogP contribution in [0.15, 0.2) is 47.8 Å². The second-order valence-corrected chi connectivity index (χ2v) is 8.51. The number of nitrogens with two attached hydrogens (primary N) is 1. The molecular weight excluding hydrogens is 400 g/mol. The number of primary amides is 1. The molecule has 3 aliphatic rings. The highest BCUT2D eigenvalue weighted by molar-refractivity contribution is 6.28. The zero-order valence-corrected chi connectivity index (χ0v) is 17.2. The number of likely N-dealkylation sites (N-methyl/N-ethyl adjacent to an activating group) is 1. The van der Waals surface area contributed by atoms with E-state index in [-0.39, 0.29) is 35.0 Å². The largest absolute Gasteiger partial charge is 0.510 e. The summed E-state index contributed by atoms with van der Waals surface area (Å²) >= 11 is 0. The van der Waals surface area contributed by atoms with Crippen LogP contribution in [0.25, 0.3) is 5.76 Å². The van der Waals surface area contributed by atoms with Gasteiger partial charge in [-0.05, 0) is 38.1 Å². The Morgan fingerprint density at radius 2 is 1.87 bits per heavy atom. The van der Waals surface area contributed by atoms with E-state index in [4.69, 9.17) is 5.73 Å². The first-order valence-corrected chi connectivity index (χ1v) is 9.97. The summed E-state index contributed by atoms with van der Waals surface area (Å²) in [5.41, 5.74) is 5.59. The Labute approximate surface area is 179 Å². The van der Waals surface area contributed by atoms with Crippen LogP contribution in [0.2, 0.25) is 0 Å². The van der Waals surface area contributed by atoms with E-state index in [1.165, 1.54) is 6.07 Å². The Hall–Kier alpha value is -3.39. The third-order valence-electron chi connectivity index (χ3n) is 6.76. The van der Waals surface area contributed by atoms with Gasteiger partial charge in [0.15, 0.2) is 11.6 Å². The topological polar surface area (TPSA) is 141 Å². The number of phenolic OH excluding ortho intramolecular Hbond substituents is 1. The third-order valence-corrected chi connectivity index (χ3v) is 6.76. The number of phenols is 1. The van der Waals surface area contributed by atoms with Crippen molar-refractivity contribution in [3.05, 3.63) is 58.9 Å². The number of nitrogens with zero attached hydrogens (tertiary/aromatic N) is 1. The first kappa shape index (κ1) is 20.9. The van der Waals surface area contributed by atoms with Gasteiger partial charge in [-0.25, -0.2) is 0 Å². The van der Waals surface area contributed by atoms with Gasteiger partial charge < -0.3 is 21.1 Å². The van der Waals surface area contributed by atoms with Crippen LogP contribution in [0.3, 0.4) is 0 Å². The van der Waals surface area contributed by atoms with Crippen molar-refractivity contribution in [3.8, 4) is 5.75 Å². The molecule has 162 valence electrons. The molecule has 1 saturated carbocycles. The fourth-order valence-electron chi connectivity index (χ4n) is 5.58. The van der Waals surface area contributed by atoms with Crippen molar-refractivity contribution < 1.29 is 29.7 Å². The van der Waals surface area contributed by atoms with Crippen molar-refractivity contribution in [2.75, 3.05) is 14.1 Å². The third kappa shape index (κ3) is 2.75. The summed E-state index contributed by atoms with van der Waals surface area (Å²) in [7, 11) is 3.36. The number of hydrogen-bond donors (Lipinski definition) is 4. The van der Waals surface area contributed by atoms with Crippen LogP contribution in [0.4, 0.5) is 0 Å². The number of ketones is 2. The minimum atomic E-state index is -1.27. The molecule has 5 N–H and O–H groups in total. The summed E-state index contributed by atoms with van der Waals surface area (Å²) in [5, 5.41) is 32.1. The maximum Gasteiger partial charge on any atom is 0.255 e. The molecule has 0 radical (unpaired) electrons. The standard InChI is InChI=1S/C23H24N2O6/c1-4-9-10-6-5-7-13(26)14(10)19(27)15-11(9)8-12-16(20(15)28)21(29)17(23(24)31)22(30)18(12)25(2)3/h4-7,9,11-12,16,18,26-27,30H,1,8H2,2-3H3,(H2,24,31)/t9-,11+,12+,16+,18-/m0/s1. The Morgan fingerprint density at radius 3 is 2.45 bits per heavy atom. The van der Waals surface area contributed by atoms with Crippen molar-refractivity contribution in [1.29, 1.82) is 0 Å². The van der Waals surface area contributed by atoms with Gasteiger partial charge in [-0.1, -0.05) is 18.2 Å². The van der Waals surface area contributed by atoms with Gasteiger partial charge in [-0.3, -0.25) is 19.3 Å². The van der Waals surface area contributed by atoms with Crippen LogP contribution in [-0.4, -0.2) is 57.8 Å². The van der Waals surface area contributed by atoms with E-state index in [9.17, 15) is 29.7 Å². The summed E-state index contributed by atoms with van der Waals surface area (Å²) in [4.78, 5) is 40.3. The molecule has 0 heterocycles. The lowest BCUT2D eigenvalue weighted by Gasteiger charge is -2.47. The number of aliphatic hydroxyl groups is 2. The number of aliphatic hydroxyl groups excluding tert-OH is 2. The van der Waals surface area contributed by atoms with E-state index in [1.54, 1.807) is 37.2 Å². The summed E-state index contributed by atoms with van der Waals surface area (Å²) in [5.74, 6) is -6.32. The Balaban J connectivity index is 1.96. The van der Waals surface area contributed by atoms with Gasteiger partial charge >= 0.3 is 0 Å². The molecule has 31 heavy (non-hydrogen) atoms. The van der Waals surface area contributed by atoms with E-state index in [0.717, 1.165) is 0 Å². The van der Waals surface area contributed by atoms with Crippen molar-refractivity contribution in [3.63, 3.8) is 0 Å². The van der Waals surface area contributed by atoms with Gasteiger partial charge in [-0.2, -0.15) is 0 Å². The van der Waals surface area contributed by atoms with Gasteiger partial charge in [0.1, 0.15) is 22.8 Å². The predicted octanol–water partition coefficient (Wildman–Crippen LogP) is 1.58. The molecule has 0 aromatic heterocycles. The highest BCUT2D eigenvalue weighted by Crippen LogP contribution is 2.54. The van der Waals surface area contributed by atoms with Crippen molar-refractivity contribution >= 4 is 23.2 Å². The van der Waals surface area contributed by atoms with Crippen molar-refractivity contribution in [2.45, 2.75) is 18.4 Å². The summed E-state index contributed by atoms with van der Waals surface area (Å²) in [6, 6.07) is 4.04. The number of carbonyl (C=O) groups excluding carboxylic acids is 3. The molecule has 0 saturated heterocycles. The Kier molecular flexibility index (Phi) is 4.77. The number of amides is 1. The molecule has 0 unspecified atom stereocenters. The van der Waals surface area contributed by atoms with E-state index < -0.39 is 52.6 Å². The van der Waals surface area contributed by atoms with Gasteiger partial charge in [0.05, 0.1) is 17.5 Å². The molecule has 1 fully saturated rings. The minimum absolute atomic E-state index is 0.0382. The molecule has 0 bridgehead atoms. The zero-order chi connectivity index (χ0) is 22.8. The van der Waals surface area contributed by atoms with Crippen molar-refractivity contribution in [2.24, 2.45) is 23.5 Å². The van der Waals surface area contributed by atoms with E-state index in [2.05, 4.69) is 6.58 Å². The van der Waals surface area contributed by atoms with Crippen LogP contribution in [0.1, 0.15) is 23.5 Å². The van der Waals surface area contributed by atoms with Crippen LogP contribution in [-0.2, 0) is 14.4 Å². The first-order valence-electron chi connectivity index (χ1n) is 9.97. The maximum atomic E-state index is 13.6. The smallest absolute Gasteiger partial charge is 0.255 e. The van der Waals surface area contributed by atoms with Gasteiger partial charge in [0.2, 0.25) is 0 Å². The fourth-order valence-corrected chi connectivity index (χ4v) is 5.58. The SMILES string of the molecule is C=C[C@H]1c2cccc(O)c2C(O)=C2C(=O)[C@@H]3C(=O)C(C(N)=O)=C(O)[C@@H](N(C)C)[C@@H]3C[C@@H]21. The zero-order valence-electron chi connectivity index (χ0n) is 17.2. The molecule has 8 nitrogen and oxygen atoms in total. The molecule has 3 aliphatic carbocycles. The number of hydrogen-bond acceptors (Lipinski definition) is 7. The average molecular weight is 424 g/mol. The van der Waals surface area contributed by atoms with Gasteiger partial charge in [-0.15, -0.1) is 6.58 Å². The first-order chi connectivity index (χ1) is 14.6. The molecule has 1 aromatic rings. The highest BCUT2D eigenvalue weighted by Gasteiger charge is 2.56. The quantitative estimate of drug-likeness (QED) is 0.328. The number of Topliss-reactive ketones (excluding diaryl/α,β-unsaturated/α-hetero) is 2. The van der Waals surface area contributed by atoms with Crippen LogP contribution in [0.5, 0.6) is 5.75 Å². The molecular formula is C23H24N2O6. The molecule has 4 rings (SSSR count). The minimum Gasteiger partial charge on any atom is -0.510 e. The number of fused-ring (bicyclic) bond motifs is 3. The lowest BCUT2D eigenvalue weighted by atomic mass is 9.57. The normalized spacial score (nSPS) is 30.1. The molecule has 8 heteroatoms. The number of allylic oxidation sites excluding steroid dienone is 2. The second-order valence-electron chi connectivity index (χ2n) is 8.51. The summed E-state index contributed by atoms with van der Waals surface area (Å²) < 4.78 is 0. The lowest BCUT2D eigenvalue weighted by Crippen LogP contribution is -2.55. The van der Waals surface area contributed by atoms with E-state index >= 15 is 0 Å². The summed E-state index contributed by atoms with van der Waals surface area (Å²) in [6.45, 7) is 3.88. The maximum absolute atomic E-state index is 13.6. The van der Waals surface area contributed by atoms with Crippen LogP contribution < -0.4 is 5.73 Å². The summed E-state index contributed by atoms with van der Waals surface area (Å²) in [6.07, 6.45) is 1.94.